The third-order valence-corrected chi connectivity index (χ3v) is 5.45. The molecule has 0 aliphatic rings. The monoisotopic (exact) mass is 515 g/mol. The molecule has 1 heterocycles. The van der Waals surface area contributed by atoms with Crippen molar-refractivity contribution in [1.29, 1.82) is 0 Å². The highest BCUT2D eigenvalue weighted by Crippen LogP contribution is 2.24. The molecule has 2 rings (SSSR count). The minimum Gasteiger partial charge on any atom is -0.460 e. The van der Waals surface area contributed by atoms with Crippen LogP contribution in [0.15, 0.2) is 30.5 Å². The summed E-state index contributed by atoms with van der Waals surface area (Å²) in [6.07, 6.45) is 3.34. The number of hydrogen-bond donors (Lipinski definition) is 0. The van der Waals surface area contributed by atoms with Gasteiger partial charge in [-0.25, -0.2) is 10.0 Å². The average molecular weight is 516 g/mol. The summed E-state index contributed by atoms with van der Waals surface area (Å²) in [6.45, 7) is 11.0. The lowest BCUT2D eigenvalue weighted by atomic mass is 9.91. The number of nitrogens with zero attached hydrogens (tertiary/aromatic N) is 3. The summed E-state index contributed by atoms with van der Waals surface area (Å²) in [5.41, 5.74) is 1.42. The zero-order valence-electron chi connectivity index (χ0n) is 23.6. The highest BCUT2D eigenvalue weighted by molar-refractivity contribution is 5.90. The van der Waals surface area contributed by atoms with Gasteiger partial charge in [0.2, 0.25) is 5.82 Å². The number of imidazole rings is 1. The maximum absolute atomic E-state index is 12.5. The van der Waals surface area contributed by atoms with E-state index < -0.39 is 11.2 Å². The van der Waals surface area contributed by atoms with Gasteiger partial charge in [0, 0.05) is 38.7 Å². The Balaban J connectivity index is 2.15. The number of amides is 1. The van der Waals surface area contributed by atoms with Crippen LogP contribution < -0.4 is 0 Å². The number of hydroxylamine groups is 2. The average Bonchev–Trinajstić information content (AvgIpc) is 3.16. The van der Waals surface area contributed by atoms with E-state index in [1.54, 1.807) is 17.8 Å². The Hall–Kier alpha value is -3.20. The molecule has 1 aromatic carbocycles. The molecule has 0 radical (unpaired) electrons. The lowest BCUT2D eigenvalue weighted by molar-refractivity contribution is -0.158. The first-order valence-electron chi connectivity index (χ1n) is 12.5. The summed E-state index contributed by atoms with van der Waals surface area (Å²) in [7, 11) is 4.71. The van der Waals surface area contributed by atoms with E-state index in [9.17, 15) is 14.4 Å². The van der Waals surface area contributed by atoms with Gasteiger partial charge >= 0.3 is 17.8 Å². The van der Waals surface area contributed by atoms with Gasteiger partial charge in [0.15, 0.2) is 0 Å². The molecule has 0 saturated carbocycles. The third kappa shape index (κ3) is 9.99. The fraction of sp³-hybridized carbons (Fsp3) is 0.571. The van der Waals surface area contributed by atoms with Crippen LogP contribution in [0.25, 0.3) is 11.3 Å². The van der Waals surface area contributed by atoms with Crippen molar-refractivity contribution in [3.8, 4) is 11.3 Å². The third-order valence-electron chi connectivity index (χ3n) is 5.45. The van der Waals surface area contributed by atoms with Crippen molar-refractivity contribution in [2.45, 2.75) is 78.4 Å². The first-order valence-corrected chi connectivity index (χ1v) is 12.5. The molecule has 0 fully saturated rings. The zero-order chi connectivity index (χ0) is 28.0. The van der Waals surface area contributed by atoms with Crippen molar-refractivity contribution < 1.29 is 28.7 Å². The van der Waals surface area contributed by atoms with E-state index in [0.717, 1.165) is 16.2 Å². The number of hydrogen-bond acceptors (Lipinski definition) is 7. The molecule has 0 spiro atoms. The minimum atomic E-state index is -0.574. The second kappa shape index (κ2) is 12.4. The lowest BCUT2D eigenvalue weighted by Gasteiger charge is -2.23. The fourth-order valence-corrected chi connectivity index (χ4v) is 3.78. The number of rotatable bonds is 10. The van der Waals surface area contributed by atoms with Gasteiger partial charge in [-0.1, -0.05) is 24.3 Å². The molecule has 1 atom stereocenters. The molecular formula is C28H41N3O6. The molecule has 1 unspecified atom stereocenters. The molecule has 0 N–H and O–H groups in total. The molecule has 0 bridgehead atoms. The summed E-state index contributed by atoms with van der Waals surface area (Å²) in [4.78, 5) is 46.7. The smallest absolute Gasteiger partial charge is 0.313 e. The Kier molecular flexibility index (Phi) is 10.0. The van der Waals surface area contributed by atoms with Crippen molar-refractivity contribution in [1.82, 2.24) is 14.6 Å². The van der Waals surface area contributed by atoms with E-state index in [-0.39, 0.29) is 42.4 Å². The molecule has 0 aliphatic carbocycles. The first kappa shape index (κ1) is 30.0. The van der Waals surface area contributed by atoms with Crippen molar-refractivity contribution in [2.75, 3.05) is 14.2 Å². The van der Waals surface area contributed by atoms with E-state index >= 15 is 0 Å². The summed E-state index contributed by atoms with van der Waals surface area (Å²) in [5, 5.41) is 1.12. The van der Waals surface area contributed by atoms with Crippen LogP contribution in [0.5, 0.6) is 0 Å². The molecule has 1 amide bonds. The predicted molar refractivity (Wildman–Crippen MR) is 140 cm³/mol. The Bertz CT molecular complexity index is 1080. The quantitative estimate of drug-likeness (QED) is 0.333. The van der Waals surface area contributed by atoms with Crippen molar-refractivity contribution in [2.24, 2.45) is 13.0 Å². The standard InChI is InChI=1S/C28H41N3O6/c1-27(2,3)36-23(32)15-12-20(17-24(33)37-28(4,5)6)16-19-10-13-21(14-11-19)22-18-30(7)25(29-22)26(34)31(8)35-9/h10-11,13-14,18,20H,12,15-17H2,1-9H3. The van der Waals surface area contributed by atoms with E-state index in [0.29, 0.717) is 18.5 Å². The molecule has 0 aliphatic heterocycles. The Morgan fingerprint density at radius 2 is 1.54 bits per heavy atom. The van der Waals surface area contributed by atoms with Gasteiger partial charge in [0.1, 0.15) is 11.2 Å². The van der Waals surface area contributed by atoms with Gasteiger partial charge in [-0.05, 0) is 65.9 Å². The van der Waals surface area contributed by atoms with Crippen LogP contribution in [0.4, 0.5) is 0 Å². The molecule has 9 nitrogen and oxygen atoms in total. The van der Waals surface area contributed by atoms with E-state index in [2.05, 4.69) is 4.98 Å². The second-order valence-electron chi connectivity index (χ2n) is 11.2. The minimum absolute atomic E-state index is 0.0862. The largest absolute Gasteiger partial charge is 0.460 e. The lowest BCUT2D eigenvalue weighted by Crippen LogP contribution is -2.27. The van der Waals surface area contributed by atoms with Crippen molar-refractivity contribution in [3.05, 3.63) is 41.9 Å². The van der Waals surface area contributed by atoms with Crippen LogP contribution in [-0.2, 0) is 37.4 Å². The topological polar surface area (TPSA) is 100.0 Å². The SMILES string of the molecule is CON(C)C(=O)c1nc(-c2ccc(CC(CCC(=O)OC(C)(C)C)CC(=O)OC(C)(C)C)cc2)cn1C. The number of carbonyl (C=O) groups excluding carboxylic acids is 3. The summed E-state index contributed by atoms with van der Waals surface area (Å²) >= 11 is 0. The maximum atomic E-state index is 12.5. The van der Waals surface area contributed by atoms with Crippen LogP contribution in [0.2, 0.25) is 0 Å². The molecular weight excluding hydrogens is 474 g/mol. The molecule has 204 valence electrons. The van der Waals surface area contributed by atoms with Gasteiger partial charge in [-0.2, -0.15) is 0 Å². The normalized spacial score (nSPS) is 12.7. The maximum Gasteiger partial charge on any atom is 0.313 e. The van der Waals surface area contributed by atoms with Gasteiger partial charge < -0.3 is 14.0 Å². The van der Waals surface area contributed by atoms with Gasteiger partial charge in [0.25, 0.3) is 0 Å². The number of aryl methyl sites for hydroxylation is 1. The Morgan fingerprint density at radius 1 is 0.973 bits per heavy atom. The molecule has 2 aromatic rings. The van der Waals surface area contributed by atoms with Crippen LogP contribution in [0.3, 0.4) is 0 Å². The summed E-state index contributed by atoms with van der Waals surface area (Å²) < 4.78 is 12.6. The molecule has 1 aromatic heterocycles. The summed E-state index contributed by atoms with van der Waals surface area (Å²) in [6, 6.07) is 7.82. The van der Waals surface area contributed by atoms with Crippen molar-refractivity contribution >= 4 is 17.8 Å². The summed E-state index contributed by atoms with van der Waals surface area (Å²) in [5.74, 6) is -0.732. The second-order valence-corrected chi connectivity index (χ2v) is 11.2. The fourth-order valence-electron chi connectivity index (χ4n) is 3.78. The number of benzene rings is 1. The van der Waals surface area contributed by atoms with Crippen LogP contribution in [0.1, 0.15) is 77.0 Å². The highest BCUT2D eigenvalue weighted by atomic mass is 16.7. The van der Waals surface area contributed by atoms with Gasteiger partial charge in [-0.15, -0.1) is 0 Å². The van der Waals surface area contributed by atoms with Crippen LogP contribution in [0, 0.1) is 5.92 Å². The van der Waals surface area contributed by atoms with Crippen LogP contribution in [-0.4, -0.2) is 57.8 Å². The molecule has 9 heteroatoms. The highest BCUT2D eigenvalue weighted by Gasteiger charge is 2.24. The van der Waals surface area contributed by atoms with E-state index in [4.69, 9.17) is 14.3 Å². The Labute approximate surface area is 220 Å². The van der Waals surface area contributed by atoms with Crippen molar-refractivity contribution in [3.63, 3.8) is 0 Å². The van der Waals surface area contributed by atoms with E-state index in [1.807, 2.05) is 65.8 Å². The number of carbonyl (C=O) groups is 3. The number of ether oxygens (including phenoxy) is 2. The first-order chi connectivity index (χ1) is 17.1. The number of esters is 2. The molecule has 37 heavy (non-hydrogen) atoms. The Morgan fingerprint density at radius 3 is 2.08 bits per heavy atom. The van der Waals surface area contributed by atoms with Gasteiger partial charge in [0.05, 0.1) is 12.8 Å². The predicted octanol–water partition coefficient (Wildman–Crippen LogP) is 4.73. The van der Waals surface area contributed by atoms with Gasteiger partial charge in [-0.3, -0.25) is 19.2 Å². The van der Waals surface area contributed by atoms with E-state index in [1.165, 1.54) is 14.2 Å². The zero-order valence-corrected chi connectivity index (χ0v) is 23.6. The van der Waals surface area contributed by atoms with Crippen LogP contribution >= 0.6 is 0 Å². The molecule has 0 saturated heterocycles. The number of aromatic nitrogens is 2.